The monoisotopic (exact) mass is 448 g/mol. The largest absolute Gasteiger partial charge is 0.493 e. The maximum absolute atomic E-state index is 13.7. The van der Waals surface area contributed by atoms with Gasteiger partial charge >= 0.3 is 0 Å². The van der Waals surface area contributed by atoms with Gasteiger partial charge in [0.1, 0.15) is 11.9 Å². The summed E-state index contributed by atoms with van der Waals surface area (Å²) >= 11 is 0. The smallest absolute Gasteiger partial charge is 0.258 e. The van der Waals surface area contributed by atoms with Gasteiger partial charge in [-0.3, -0.25) is 9.59 Å². The number of nitrogens with zero attached hydrogens (tertiary/aromatic N) is 1. The van der Waals surface area contributed by atoms with Gasteiger partial charge in [-0.2, -0.15) is 0 Å². The minimum Gasteiger partial charge on any atom is -0.493 e. The van der Waals surface area contributed by atoms with Crippen molar-refractivity contribution in [3.8, 4) is 22.6 Å². The number of ether oxygens (including phenoxy) is 2. The molecule has 1 aliphatic heterocycles. The molecule has 0 saturated carbocycles. The van der Waals surface area contributed by atoms with E-state index in [1.165, 1.54) is 26.4 Å². The van der Waals surface area contributed by atoms with E-state index < -0.39 is 6.04 Å². The molecule has 1 heterocycles. The SMILES string of the molecule is COc1cccc(C(=O)N2CCNC(=O)C2Cc2cccc(-c3cccc(F)c3)c2)c1OC. The lowest BCUT2D eigenvalue weighted by molar-refractivity contribution is -0.127. The number of piperazine rings is 1. The van der Waals surface area contributed by atoms with Crippen LogP contribution in [0.2, 0.25) is 0 Å². The standard InChI is InChI=1S/C26H25FN2O4/c1-32-23-11-5-10-21(24(23)33-2)26(31)29-13-12-28-25(30)22(29)15-17-6-3-7-18(14-17)19-8-4-9-20(27)16-19/h3-11,14,16,22H,12-13,15H2,1-2H3,(H,28,30). The fourth-order valence-electron chi connectivity index (χ4n) is 4.14. The van der Waals surface area contributed by atoms with Gasteiger partial charge in [-0.15, -0.1) is 0 Å². The lowest BCUT2D eigenvalue weighted by Gasteiger charge is -2.35. The van der Waals surface area contributed by atoms with Crippen LogP contribution in [-0.4, -0.2) is 50.1 Å². The Kier molecular flexibility index (Phi) is 6.58. The molecule has 4 rings (SSSR count). The molecule has 0 aliphatic carbocycles. The molecule has 1 atom stereocenters. The lowest BCUT2D eigenvalue weighted by atomic mass is 9.97. The number of amides is 2. The molecule has 0 aromatic heterocycles. The number of carbonyl (C=O) groups excluding carboxylic acids is 2. The quantitative estimate of drug-likeness (QED) is 0.625. The van der Waals surface area contributed by atoms with Crippen LogP contribution < -0.4 is 14.8 Å². The van der Waals surface area contributed by atoms with E-state index in [-0.39, 0.29) is 17.6 Å². The number of para-hydroxylation sites is 1. The second-order valence-electron chi connectivity index (χ2n) is 7.76. The number of nitrogens with one attached hydrogen (secondary N) is 1. The molecule has 33 heavy (non-hydrogen) atoms. The van der Waals surface area contributed by atoms with Gasteiger partial charge in [0.2, 0.25) is 5.91 Å². The third kappa shape index (κ3) is 4.67. The number of halogens is 1. The van der Waals surface area contributed by atoms with Crippen molar-refractivity contribution >= 4 is 11.8 Å². The van der Waals surface area contributed by atoms with Crippen molar-refractivity contribution < 1.29 is 23.5 Å². The molecule has 0 bridgehead atoms. The van der Waals surface area contributed by atoms with Gasteiger partial charge in [-0.1, -0.05) is 42.5 Å². The molecule has 1 fully saturated rings. The Morgan fingerprint density at radius 1 is 1.03 bits per heavy atom. The molecule has 170 valence electrons. The number of hydrogen-bond acceptors (Lipinski definition) is 4. The minimum absolute atomic E-state index is 0.215. The molecule has 0 spiro atoms. The van der Waals surface area contributed by atoms with Gasteiger partial charge < -0.3 is 19.7 Å². The average Bonchev–Trinajstić information content (AvgIpc) is 2.84. The van der Waals surface area contributed by atoms with E-state index in [9.17, 15) is 14.0 Å². The van der Waals surface area contributed by atoms with Crippen molar-refractivity contribution in [3.05, 3.63) is 83.7 Å². The van der Waals surface area contributed by atoms with E-state index in [0.717, 1.165) is 16.7 Å². The first kappa shape index (κ1) is 22.3. The van der Waals surface area contributed by atoms with E-state index in [1.54, 1.807) is 29.2 Å². The predicted octanol–water partition coefficient (Wildman–Crippen LogP) is 3.69. The zero-order valence-corrected chi connectivity index (χ0v) is 18.5. The third-order valence-corrected chi connectivity index (χ3v) is 5.74. The fraction of sp³-hybridized carbons (Fsp3) is 0.231. The lowest BCUT2D eigenvalue weighted by Crippen LogP contribution is -2.58. The Balaban J connectivity index is 1.64. The van der Waals surface area contributed by atoms with Crippen LogP contribution in [0.5, 0.6) is 11.5 Å². The molecule has 6 nitrogen and oxygen atoms in total. The number of rotatable bonds is 6. The summed E-state index contributed by atoms with van der Waals surface area (Å²) in [5.41, 5.74) is 2.80. The zero-order valence-electron chi connectivity index (χ0n) is 18.5. The van der Waals surface area contributed by atoms with Crippen LogP contribution in [-0.2, 0) is 11.2 Å². The first-order valence-electron chi connectivity index (χ1n) is 10.7. The topological polar surface area (TPSA) is 67.9 Å². The average molecular weight is 448 g/mol. The van der Waals surface area contributed by atoms with Crippen LogP contribution in [0.4, 0.5) is 4.39 Å². The van der Waals surface area contributed by atoms with Gasteiger partial charge in [0.25, 0.3) is 5.91 Å². The Hall–Kier alpha value is -3.87. The molecular weight excluding hydrogens is 423 g/mol. The van der Waals surface area contributed by atoms with Crippen LogP contribution in [0.15, 0.2) is 66.7 Å². The molecular formula is C26H25FN2O4. The van der Waals surface area contributed by atoms with E-state index in [1.807, 2.05) is 30.3 Å². The summed E-state index contributed by atoms with van der Waals surface area (Å²) in [7, 11) is 2.99. The maximum atomic E-state index is 13.7. The number of carbonyl (C=O) groups is 2. The van der Waals surface area contributed by atoms with Crippen LogP contribution in [0.3, 0.4) is 0 Å². The Morgan fingerprint density at radius 3 is 2.48 bits per heavy atom. The number of hydrogen-bond donors (Lipinski definition) is 1. The fourth-order valence-corrected chi connectivity index (χ4v) is 4.14. The Labute approximate surface area is 191 Å². The summed E-state index contributed by atoms with van der Waals surface area (Å²) in [6.07, 6.45) is 0.326. The second kappa shape index (κ2) is 9.73. The number of methoxy groups -OCH3 is 2. The number of benzene rings is 3. The summed E-state index contributed by atoms with van der Waals surface area (Å²) in [5.74, 6) is -0.0416. The van der Waals surface area contributed by atoms with E-state index in [2.05, 4.69) is 5.32 Å². The molecule has 1 unspecified atom stereocenters. The molecule has 7 heteroatoms. The summed E-state index contributed by atoms with van der Waals surface area (Å²) in [6, 6.07) is 18.4. The molecule has 1 saturated heterocycles. The summed E-state index contributed by atoms with van der Waals surface area (Å²) < 4.78 is 24.4. The first-order chi connectivity index (χ1) is 16.0. The van der Waals surface area contributed by atoms with Crippen LogP contribution in [0, 0.1) is 5.82 Å². The molecule has 1 aliphatic rings. The van der Waals surface area contributed by atoms with Gasteiger partial charge in [-0.25, -0.2) is 4.39 Å². The highest BCUT2D eigenvalue weighted by atomic mass is 19.1. The predicted molar refractivity (Wildman–Crippen MR) is 123 cm³/mol. The summed E-state index contributed by atoms with van der Waals surface area (Å²) in [6.45, 7) is 0.746. The highest BCUT2D eigenvalue weighted by Crippen LogP contribution is 2.32. The first-order valence-corrected chi connectivity index (χ1v) is 10.7. The van der Waals surface area contributed by atoms with Crippen molar-refractivity contribution in [2.75, 3.05) is 27.3 Å². The van der Waals surface area contributed by atoms with Gasteiger partial charge in [-0.05, 0) is 41.0 Å². The van der Waals surface area contributed by atoms with E-state index in [4.69, 9.17) is 9.47 Å². The normalized spacial score (nSPS) is 15.7. The molecule has 1 N–H and O–H groups in total. The van der Waals surface area contributed by atoms with E-state index >= 15 is 0 Å². The molecule has 3 aromatic rings. The van der Waals surface area contributed by atoms with Crippen molar-refractivity contribution in [1.82, 2.24) is 10.2 Å². The molecule has 2 amide bonds. The van der Waals surface area contributed by atoms with Crippen molar-refractivity contribution in [2.45, 2.75) is 12.5 Å². The van der Waals surface area contributed by atoms with Crippen molar-refractivity contribution in [1.29, 1.82) is 0 Å². The molecule has 0 radical (unpaired) electrons. The highest BCUT2D eigenvalue weighted by Gasteiger charge is 2.35. The maximum Gasteiger partial charge on any atom is 0.258 e. The summed E-state index contributed by atoms with van der Waals surface area (Å²) in [4.78, 5) is 27.9. The van der Waals surface area contributed by atoms with Gasteiger partial charge in [0, 0.05) is 19.5 Å². The van der Waals surface area contributed by atoms with Crippen molar-refractivity contribution in [2.24, 2.45) is 0 Å². The van der Waals surface area contributed by atoms with E-state index in [0.29, 0.717) is 36.6 Å². The Bertz CT molecular complexity index is 1180. The van der Waals surface area contributed by atoms with Gasteiger partial charge in [0.15, 0.2) is 11.5 Å². The van der Waals surface area contributed by atoms with Crippen LogP contribution in [0.1, 0.15) is 15.9 Å². The zero-order chi connectivity index (χ0) is 23.4. The minimum atomic E-state index is -0.690. The van der Waals surface area contributed by atoms with Crippen LogP contribution in [0.25, 0.3) is 11.1 Å². The third-order valence-electron chi connectivity index (χ3n) is 5.74. The highest BCUT2D eigenvalue weighted by molar-refractivity contribution is 6.01. The Morgan fingerprint density at radius 2 is 1.76 bits per heavy atom. The van der Waals surface area contributed by atoms with Crippen LogP contribution >= 0.6 is 0 Å². The van der Waals surface area contributed by atoms with Gasteiger partial charge in [0.05, 0.1) is 19.8 Å². The summed E-state index contributed by atoms with van der Waals surface area (Å²) in [5, 5.41) is 2.86. The second-order valence-corrected chi connectivity index (χ2v) is 7.76. The molecule has 3 aromatic carbocycles. The van der Waals surface area contributed by atoms with Crippen molar-refractivity contribution in [3.63, 3.8) is 0 Å².